The number of dihydropyridines is 1. The second-order valence-electron chi connectivity index (χ2n) is 3.42. The normalized spacial score (nSPS) is 21.8. The number of amidine groups is 2. The molecule has 0 amide bonds. The lowest BCUT2D eigenvalue weighted by atomic mass is 10.2. The third-order valence-electron chi connectivity index (χ3n) is 2.21. The van der Waals surface area contributed by atoms with Crippen LogP contribution in [0.15, 0.2) is 32.2 Å². The highest BCUT2D eigenvalue weighted by molar-refractivity contribution is 7.80. The Morgan fingerprint density at radius 1 is 1.53 bits per heavy atom. The van der Waals surface area contributed by atoms with Crippen LogP contribution in [0, 0.1) is 0 Å². The zero-order valence-corrected chi connectivity index (χ0v) is 10.3. The predicted molar refractivity (Wildman–Crippen MR) is 74.2 cm³/mol. The van der Waals surface area contributed by atoms with Crippen LogP contribution in [0.5, 0.6) is 0 Å². The zero-order chi connectivity index (χ0) is 12.3. The number of thiocarbonyl (C=S) groups is 1. The first kappa shape index (κ1) is 11.6. The van der Waals surface area contributed by atoms with Crippen LogP contribution in [0.4, 0.5) is 0 Å². The second-order valence-corrected chi connectivity index (χ2v) is 3.83. The highest BCUT2D eigenvalue weighted by Crippen LogP contribution is 2.12. The molecule has 2 rings (SSSR count). The molecule has 1 atom stereocenters. The summed E-state index contributed by atoms with van der Waals surface area (Å²) >= 11 is 4.91. The summed E-state index contributed by atoms with van der Waals surface area (Å²) in [5.41, 5.74) is 3.37. The molecule has 0 aliphatic carbocycles. The van der Waals surface area contributed by atoms with Crippen molar-refractivity contribution in [3.05, 3.63) is 12.2 Å². The Morgan fingerprint density at radius 2 is 2.35 bits per heavy atom. The van der Waals surface area contributed by atoms with Gasteiger partial charge in [-0.3, -0.25) is 5.43 Å². The van der Waals surface area contributed by atoms with Crippen molar-refractivity contribution in [2.24, 2.45) is 20.1 Å². The van der Waals surface area contributed by atoms with Gasteiger partial charge in [-0.2, -0.15) is 5.10 Å². The molecule has 0 aromatic heterocycles. The fourth-order valence-electron chi connectivity index (χ4n) is 1.32. The van der Waals surface area contributed by atoms with Gasteiger partial charge in [0.1, 0.15) is 11.8 Å². The summed E-state index contributed by atoms with van der Waals surface area (Å²) in [4.78, 5) is 12.8. The fourth-order valence-corrected chi connectivity index (χ4v) is 1.36. The summed E-state index contributed by atoms with van der Waals surface area (Å²) < 4.78 is 0. The Labute approximate surface area is 104 Å². The van der Waals surface area contributed by atoms with Gasteiger partial charge in [0.05, 0.1) is 0 Å². The van der Waals surface area contributed by atoms with E-state index in [9.17, 15) is 0 Å². The molecule has 0 fully saturated rings. The van der Waals surface area contributed by atoms with E-state index in [1.54, 1.807) is 13.3 Å². The van der Waals surface area contributed by atoms with Crippen LogP contribution in [0.25, 0.3) is 0 Å². The van der Waals surface area contributed by atoms with Crippen LogP contribution < -0.4 is 10.7 Å². The molecule has 0 bridgehead atoms. The monoisotopic (exact) mass is 248 g/mol. The Bertz CT molecular complexity index is 485. The number of nitrogens with one attached hydrogen (secondary N) is 2. The van der Waals surface area contributed by atoms with Gasteiger partial charge in [0.15, 0.2) is 16.8 Å². The Morgan fingerprint density at radius 3 is 3.06 bits per heavy atom. The minimum Gasteiger partial charge on any atom is -0.364 e. The molecule has 0 saturated heterocycles. The molecular weight excluding hydrogens is 236 g/mol. The number of aliphatic imine (C=N–C) groups is 3. The van der Waals surface area contributed by atoms with Crippen LogP contribution in [-0.2, 0) is 0 Å². The number of hydrazone groups is 1. The molecule has 0 radical (unpaired) electrons. The quantitative estimate of drug-likeness (QED) is 0.419. The van der Waals surface area contributed by atoms with Crippen LogP contribution in [0.3, 0.4) is 0 Å². The summed E-state index contributed by atoms with van der Waals surface area (Å²) in [6.07, 6.45) is 5.50. The summed E-state index contributed by atoms with van der Waals surface area (Å²) in [6, 6.07) is -0.0728. The minimum atomic E-state index is -0.0728. The lowest BCUT2D eigenvalue weighted by Crippen LogP contribution is -2.29. The van der Waals surface area contributed by atoms with Crippen LogP contribution in [0.2, 0.25) is 0 Å². The van der Waals surface area contributed by atoms with E-state index in [-0.39, 0.29) is 6.04 Å². The number of allylic oxidation sites excluding steroid dienone is 1. The van der Waals surface area contributed by atoms with Gasteiger partial charge in [0, 0.05) is 13.3 Å². The Kier molecular flexibility index (Phi) is 3.38. The van der Waals surface area contributed by atoms with E-state index in [1.807, 2.05) is 19.1 Å². The molecule has 2 N–H and O–H groups in total. The van der Waals surface area contributed by atoms with Crippen molar-refractivity contribution in [2.45, 2.75) is 13.0 Å². The van der Waals surface area contributed by atoms with Gasteiger partial charge < -0.3 is 5.32 Å². The number of hydrogen-bond donors (Lipinski definition) is 2. The summed E-state index contributed by atoms with van der Waals surface area (Å²) in [5, 5.41) is 7.30. The molecule has 17 heavy (non-hydrogen) atoms. The third-order valence-corrected chi connectivity index (χ3v) is 2.50. The van der Waals surface area contributed by atoms with E-state index in [2.05, 4.69) is 30.8 Å². The topological polar surface area (TPSA) is 73.5 Å². The van der Waals surface area contributed by atoms with Gasteiger partial charge in [0.2, 0.25) is 0 Å². The van der Waals surface area contributed by atoms with Crippen molar-refractivity contribution in [1.29, 1.82) is 0 Å². The first-order chi connectivity index (χ1) is 8.20. The predicted octanol–water partition coefficient (Wildman–Crippen LogP) is 0.276. The molecule has 2 heterocycles. The van der Waals surface area contributed by atoms with E-state index >= 15 is 0 Å². The van der Waals surface area contributed by atoms with Crippen molar-refractivity contribution < 1.29 is 0 Å². The number of rotatable bonds is 2. The molecule has 1 unspecified atom stereocenters. The molecular formula is C10H12N6S. The molecule has 6 nitrogen and oxygen atoms in total. The summed E-state index contributed by atoms with van der Waals surface area (Å²) in [5.74, 6) is 1.29. The summed E-state index contributed by atoms with van der Waals surface area (Å²) in [7, 11) is 1.72. The third kappa shape index (κ3) is 2.62. The first-order valence-electron chi connectivity index (χ1n) is 5.10. The van der Waals surface area contributed by atoms with Crippen molar-refractivity contribution in [2.75, 3.05) is 7.05 Å². The molecule has 2 aliphatic rings. The second kappa shape index (κ2) is 4.96. The van der Waals surface area contributed by atoms with E-state index < -0.39 is 0 Å². The lowest BCUT2D eigenvalue weighted by Gasteiger charge is -2.02. The summed E-state index contributed by atoms with van der Waals surface area (Å²) in [6.45, 7) is 1.82. The van der Waals surface area contributed by atoms with Crippen molar-refractivity contribution in [3.63, 3.8) is 0 Å². The van der Waals surface area contributed by atoms with Crippen LogP contribution in [0.1, 0.15) is 6.92 Å². The van der Waals surface area contributed by atoms with Gasteiger partial charge >= 0.3 is 0 Å². The lowest BCUT2D eigenvalue weighted by molar-refractivity contribution is 0.976. The highest BCUT2D eigenvalue weighted by Gasteiger charge is 2.22. The standard InChI is InChI=1S/C10H12N6S/c1-6(15-16-10(17)11-2)8-13-7-4-3-5-12-9(7)14-8/h3-5,7H,1-2H3,(H2,11,16,17)/b15-6+. The van der Waals surface area contributed by atoms with Gasteiger partial charge in [-0.25, -0.2) is 15.0 Å². The molecule has 0 aromatic carbocycles. The Hall–Kier alpha value is -1.89. The zero-order valence-electron chi connectivity index (χ0n) is 9.51. The van der Waals surface area contributed by atoms with Gasteiger partial charge in [-0.05, 0) is 25.2 Å². The van der Waals surface area contributed by atoms with Crippen molar-refractivity contribution in [1.82, 2.24) is 10.7 Å². The molecule has 0 saturated carbocycles. The highest BCUT2D eigenvalue weighted by atomic mass is 32.1. The average Bonchev–Trinajstić information content (AvgIpc) is 2.79. The Balaban J connectivity index is 2.09. The van der Waals surface area contributed by atoms with Gasteiger partial charge in [-0.15, -0.1) is 0 Å². The maximum Gasteiger partial charge on any atom is 0.186 e. The SMILES string of the molecule is CNC(=S)N/N=C(\C)C1=NC2C=CC=NC2=N1. The molecule has 0 spiro atoms. The van der Waals surface area contributed by atoms with E-state index in [4.69, 9.17) is 12.2 Å². The van der Waals surface area contributed by atoms with Crippen LogP contribution >= 0.6 is 12.2 Å². The number of hydrogen-bond acceptors (Lipinski definition) is 5. The van der Waals surface area contributed by atoms with Crippen LogP contribution in [-0.4, -0.2) is 41.8 Å². The molecule has 2 aliphatic heterocycles. The number of fused-ring (bicyclic) bond motifs is 1. The van der Waals surface area contributed by atoms with E-state index in [0.717, 1.165) is 0 Å². The van der Waals surface area contributed by atoms with Gasteiger partial charge in [-0.1, -0.05) is 6.08 Å². The van der Waals surface area contributed by atoms with Crippen molar-refractivity contribution >= 4 is 40.9 Å². The maximum absolute atomic E-state index is 4.91. The smallest absolute Gasteiger partial charge is 0.186 e. The number of nitrogens with zero attached hydrogens (tertiary/aromatic N) is 4. The van der Waals surface area contributed by atoms with Crippen molar-refractivity contribution in [3.8, 4) is 0 Å². The largest absolute Gasteiger partial charge is 0.364 e. The average molecular weight is 248 g/mol. The fraction of sp³-hybridized carbons (Fsp3) is 0.300. The first-order valence-corrected chi connectivity index (χ1v) is 5.51. The van der Waals surface area contributed by atoms with E-state index in [1.165, 1.54) is 0 Å². The minimum absolute atomic E-state index is 0.0728. The van der Waals surface area contributed by atoms with Gasteiger partial charge in [0.25, 0.3) is 0 Å². The maximum atomic E-state index is 4.91. The molecule has 0 aromatic rings. The van der Waals surface area contributed by atoms with E-state index in [0.29, 0.717) is 22.5 Å². The molecule has 88 valence electrons. The molecule has 7 heteroatoms.